The third-order valence-electron chi connectivity index (χ3n) is 2.31. The first kappa shape index (κ1) is 12.9. The van der Waals surface area contributed by atoms with Gasteiger partial charge in [0.05, 0.1) is 5.02 Å². The standard InChI is InChI=1S/C13H10ClNO2S/c14-10-5-1-2-6-11(10)18-8-9-4-3-7-15-12(9)13(16)17/h1-7H,8H2,(H,16,17). The molecule has 0 unspecified atom stereocenters. The predicted molar refractivity (Wildman–Crippen MR) is 72.2 cm³/mol. The highest BCUT2D eigenvalue weighted by molar-refractivity contribution is 7.98. The van der Waals surface area contributed by atoms with Crippen LogP contribution in [0.25, 0.3) is 0 Å². The van der Waals surface area contributed by atoms with Gasteiger partial charge in [0.1, 0.15) is 0 Å². The molecule has 0 atom stereocenters. The number of rotatable bonds is 4. The van der Waals surface area contributed by atoms with Crippen LogP contribution in [0.2, 0.25) is 5.02 Å². The van der Waals surface area contributed by atoms with Crippen molar-refractivity contribution in [3.63, 3.8) is 0 Å². The van der Waals surface area contributed by atoms with Crippen molar-refractivity contribution in [2.45, 2.75) is 10.6 Å². The second kappa shape index (κ2) is 5.89. The number of hydrogen-bond donors (Lipinski definition) is 1. The van der Waals surface area contributed by atoms with Crippen LogP contribution in [0.1, 0.15) is 16.1 Å². The number of aromatic carboxylic acids is 1. The maximum atomic E-state index is 11.0. The number of thioether (sulfide) groups is 1. The molecule has 1 N–H and O–H groups in total. The average Bonchev–Trinajstić information content (AvgIpc) is 2.38. The topological polar surface area (TPSA) is 50.2 Å². The van der Waals surface area contributed by atoms with Crippen molar-refractivity contribution in [3.05, 3.63) is 58.9 Å². The molecule has 0 amide bonds. The molecule has 2 rings (SSSR count). The Morgan fingerprint density at radius 3 is 2.78 bits per heavy atom. The van der Waals surface area contributed by atoms with E-state index in [1.165, 1.54) is 18.0 Å². The Labute approximate surface area is 114 Å². The molecule has 0 aliphatic heterocycles. The van der Waals surface area contributed by atoms with Crippen molar-refractivity contribution in [2.75, 3.05) is 0 Å². The van der Waals surface area contributed by atoms with Gasteiger partial charge in [0.15, 0.2) is 5.69 Å². The lowest BCUT2D eigenvalue weighted by atomic mass is 10.2. The van der Waals surface area contributed by atoms with Gasteiger partial charge in [-0.15, -0.1) is 11.8 Å². The van der Waals surface area contributed by atoms with Crippen LogP contribution in [0, 0.1) is 0 Å². The minimum Gasteiger partial charge on any atom is -0.477 e. The van der Waals surface area contributed by atoms with Crippen LogP contribution in [0.15, 0.2) is 47.5 Å². The number of nitrogens with zero attached hydrogens (tertiary/aromatic N) is 1. The number of benzene rings is 1. The van der Waals surface area contributed by atoms with Crippen molar-refractivity contribution in [1.82, 2.24) is 4.98 Å². The number of aromatic nitrogens is 1. The summed E-state index contributed by atoms with van der Waals surface area (Å²) in [5.41, 5.74) is 0.784. The maximum Gasteiger partial charge on any atom is 0.354 e. The van der Waals surface area contributed by atoms with Gasteiger partial charge >= 0.3 is 5.97 Å². The SMILES string of the molecule is O=C(O)c1ncccc1CSc1ccccc1Cl. The zero-order chi connectivity index (χ0) is 13.0. The predicted octanol–water partition coefficient (Wildman–Crippen LogP) is 3.73. The number of hydrogen-bond acceptors (Lipinski definition) is 3. The second-order valence-corrected chi connectivity index (χ2v) is 4.96. The summed E-state index contributed by atoms with van der Waals surface area (Å²) < 4.78 is 0. The van der Waals surface area contributed by atoms with Gasteiger partial charge in [-0.1, -0.05) is 29.8 Å². The summed E-state index contributed by atoms with van der Waals surface area (Å²) in [6.45, 7) is 0. The number of halogens is 1. The first-order chi connectivity index (χ1) is 8.68. The smallest absolute Gasteiger partial charge is 0.354 e. The fourth-order valence-electron chi connectivity index (χ4n) is 1.46. The first-order valence-electron chi connectivity index (χ1n) is 5.23. The summed E-state index contributed by atoms with van der Waals surface area (Å²) in [7, 11) is 0. The van der Waals surface area contributed by atoms with E-state index in [2.05, 4.69) is 4.98 Å². The highest BCUT2D eigenvalue weighted by atomic mass is 35.5. The van der Waals surface area contributed by atoms with Gasteiger partial charge in [0, 0.05) is 16.8 Å². The van der Waals surface area contributed by atoms with E-state index in [1.807, 2.05) is 24.3 Å². The van der Waals surface area contributed by atoms with E-state index in [-0.39, 0.29) is 5.69 Å². The van der Waals surface area contributed by atoms with Gasteiger partial charge in [-0.3, -0.25) is 0 Å². The van der Waals surface area contributed by atoms with E-state index in [0.29, 0.717) is 16.3 Å². The fraction of sp³-hybridized carbons (Fsp3) is 0.0769. The molecular weight excluding hydrogens is 270 g/mol. The zero-order valence-corrected chi connectivity index (χ0v) is 10.9. The normalized spacial score (nSPS) is 10.3. The number of carboxylic acid groups (broad SMARTS) is 1. The molecule has 92 valence electrons. The van der Waals surface area contributed by atoms with E-state index in [9.17, 15) is 4.79 Å². The monoisotopic (exact) mass is 279 g/mol. The molecule has 1 aromatic carbocycles. The molecule has 1 heterocycles. The van der Waals surface area contributed by atoms with Crippen LogP contribution >= 0.6 is 23.4 Å². The number of pyridine rings is 1. The molecule has 0 fully saturated rings. The van der Waals surface area contributed by atoms with Crippen molar-refractivity contribution < 1.29 is 9.90 Å². The molecule has 18 heavy (non-hydrogen) atoms. The minimum atomic E-state index is -1.01. The Balaban J connectivity index is 2.16. The third-order valence-corrected chi connectivity index (χ3v) is 3.88. The molecule has 0 radical (unpaired) electrons. The van der Waals surface area contributed by atoms with Crippen molar-refractivity contribution in [1.29, 1.82) is 0 Å². The Morgan fingerprint density at radius 2 is 2.06 bits per heavy atom. The lowest BCUT2D eigenvalue weighted by Gasteiger charge is -2.06. The summed E-state index contributed by atoms with van der Waals surface area (Å²) >= 11 is 7.54. The van der Waals surface area contributed by atoms with Crippen molar-refractivity contribution >= 4 is 29.3 Å². The molecular formula is C13H10ClNO2S. The summed E-state index contributed by atoms with van der Waals surface area (Å²) in [5, 5.41) is 9.69. The van der Waals surface area contributed by atoms with E-state index in [0.717, 1.165) is 4.90 Å². The van der Waals surface area contributed by atoms with Gasteiger partial charge in [-0.2, -0.15) is 0 Å². The number of carbonyl (C=O) groups is 1. The highest BCUT2D eigenvalue weighted by Gasteiger charge is 2.11. The molecule has 0 saturated heterocycles. The lowest BCUT2D eigenvalue weighted by molar-refractivity contribution is 0.0689. The quantitative estimate of drug-likeness (QED) is 0.867. The Bertz CT molecular complexity index is 574. The lowest BCUT2D eigenvalue weighted by Crippen LogP contribution is -2.04. The van der Waals surface area contributed by atoms with Gasteiger partial charge in [0.2, 0.25) is 0 Å². The summed E-state index contributed by atoms with van der Waals surface area (Å²) in [6, 6.07) is 11.0. The molecule has 5 heteroatoms. The molecule has 1 aromatic heterocycles. The first-order valence-corrected chi connectivity index (χ1v) is 6.59. The zero-order valence-electron chi connectivity index (χ0n) is 9.34. The van der Waals surface area contributed by atoms with Gasteiger partial charge in [-0.25, -0.2) is 9.78 Å². The summed E-state index contributed by atoms with van der Waals surface area (Å²) in [6.07, 6.45) is 1.48. The van der Waals surface area contributed by atoms with Crippen LogP contribution in [0.5, 0.6) is 0 Å². The Morgan fingerprint density at radius 1 is 1.28 bits per heavy atom. The fourth-order valence-corrected chi connectivity index (χ4v) is 2.69. The van der Waals surface area contributed by atoms with Crippen LogP contribution < -0.4 is 0 Å². The van der Waals surface area contributed by atoms with E-state index >= 15 is 0 Å². The van der Waals surface area contributed by atoms with E-state index in [4.69, 9.17) is 16.7 Å². The van der Waals surface area contributed by atoms with Gasteiger partial charge < -0.3 is 5.11 Å². The second-order valence-electron chi connectivity index (χ2n) is 3.54. The molecule has 3 nitrogen and oxygen atoms in total. The maximum absolute atomic E-state index is 11.0. The van der Waals surface area contributed by atoms with Gasteiger partial charge in [0.25, 0.3) is 0 Å². The highest BCUT2D eigenvalue weighted by Crippen LogP contribution is 2.29. The van der Waals surface area contributed by atoms with Crippen molar-refractivity contribution in [3.8, 4) is 0 Å². The van der Waals surface area contributed by atoms with E-state index in [1.54, 1.807) is 12.1 Å². The van der Waals surface area contributed by atoms with Crippen LogP contribution in [0.3, 0.4) is 0 Å². The molecule has 0 aliphatic rings. The third kappa shape index (κ3) is 3.03. The van der Waals surface area contributed by atoms with Crippen molar-refractivity contribution in [2.24, 2.45) is 0 Å². The molecule has 0 spiro atoms. The van der Waals surface area contributed by atoms with Crippen LogP contribution in [-0.2, 0) is 5.75 Å². The van der Waals surface area contributed by atoms with Gasteiger partial charge in [-0.05, 0) is 23.8 Å². The Kier molecular flexibility index (Phi) is 4.23. The molecule has 0 saturated carbocycles. The summed E-state index contributed by atoms with van der Waals surface area (Å²) in [5.74, 6) is -0.482. The molecule has 0 aliphatic carbocycles. The molecule has 2 aromatic rings. The van der Waals surface area contributed by atoms with E-state index < -0.39 is 5.97 Å². The minimum absolute atomic E-state index is 0.0945. The average molecular weight is 280 g/mol. The van der Waals surface area contributed by atoms with Crippen LogP contribution in [0.4, 0.5) is 0 Å². The molecule has 0 bridgehead atoms. The number of carboxylic acids is 1. The Hall–Kier alpha value is -1.52. The summed E-state index contributed by atoms with van der Waals surface area (Å²) in [4.78, 5) is 15.8. The largest absolute Gasteiger partial charge is 0.477 e. The van der Waals surface area contributed by atoms with Crippen LogP contribution in [-0.4, -0.2) is 16.1 Å².